The van der Waals surface area contributed by atoms with Crippen LogP contribution in [-0.4, -0.2) is 44.7 Å². The Balaban J connectivity index is 1.81. The van der Waals surface area contributed by atoms with Gasteiger partial charge in [0.05, 0.1) is 5.92 Å². The Morgan fingerprint density at radius 1 is 1.39 bits per heavy atom. The number of nitrogens with one attached hydrogen (secondary N) is 1. The number of amidine groups is 1. The van der Waals surface area contributed by atoms with Gasteiger partial charge in [0.1, 0.15) is 4.90 Å². The highest BCUT2D eigenvalue weighted by atomic mass is 32.2. The van der Waals surface area contributed by atoms with Crippen LogP contribution in [0.1, 0.15) is 31.7 Å². The minimum Gasteiger partial charge on any atom is -0.356 e. The number of nitrogens with zero attached hydrogens (tertiary/aromatic N) is 2. The first-order chi connectivity index (χ1) is 11.0. The molecule has 23 heavy (non-hydrogen) atoms. The number of likely N-dealkylation sites (tertiary alicyclic amines) is 1. The highest BCUT2D eigenvalue weighted by Crippen LogP contribution is 2.29. The van der Waals surface area contributed by atoms with E-state index in [4.69, 9.17) is 0 Å². The second-order valence-electron chi connectivity index (χ2n) is 5.96. The van der Waals surface area contributed by atoms with E-state index in [1.54, 1.807) is 18.2 Å². The van der Waals surface area contributed by atoms with Crippen molar-refractivity contribution in [3.05, 3.63) is 29.8 Å². The Labute approximate surface area is 136 Å². The van der Waals surface area contributed by atoms with Gasteiger partial charge < -0.3 is 10.2 Å². The van der Waals surface area contributed by atoms with Gasteiger partial charge in [0.2, 0.25) is 5.91 Å². The summed E-state index contributed by atoms with van der Waals surface area (Å²) in [5.74, 6) is 0.411. The zero-order valence-corrected chi connectivity index (χ0v) is 14.0. The minimum absolute atomic E-state index is 0.0475. The molecule has 0 spiro atoms. The summed E-state index contributed by atoms with van der Waals surface area (Å²) in [5, 5.41) is 2.92. The number of hydrogen-bond acceptors (Lipinski definition) is 4. The van der Waals surface area contributed by atoms with Crippen LogP contribution in [0.25, 0.3) is 0 Å². The fourth-order valence-electron chi connectivity index (χ4n) is 3.09. The van der Waals surface area contributed by atoms with Gasteiger partial charge in [-0.2, -0.15) is 8.42 Å². The van der Waals surface area contributed by atoms with Crippen molar-refractivity contribution in [2.75, 3.05) is 19.6 Å². The first-order valence-electron chi connectivity index (χ1n) is 8.00. The largest absolute Gasteiger partial charge is 0.356 e. The molecule has 0 radical (unpaired) electrons. The monoisotopic (exact) mass is 335 g/mol. The third kappa shape index (κ3) is 3.10. The van der Waals surface area contributed by atoms with Gasteiger partial charge in [-0.15, -0.1) is 4.40 Å². The van der Waals surface area contributed by atoms with E-state index >= 15 is 0 Å². The molecule has 2 heterocycles. The molecule has 7 heteroatoms. The number of carbonyl (C=O) groups excluding carboxylic acids is 1. The van der Waals surface area contributed by atoms with E-state index in [1.165, 1.54) is 0 Å². The van der Waals surface area contributed by atoms with Crippen molar-refractivity contribution in [3.8, 4) is 0 Å². The predicted octanol–water partition coefficient (Wildman–Crippen LogP) is 1.37. The summed E-state index contributed by atoms with van der Waals surface area (Å²) in [6, 6.07) is 6.87. The third-order valence-electron chi connectivity index (χ3n) is 4.25. The quantitative estimate of drug-likeness (QED) is 0.905. The van der Waals surface area contributed by atoms with Crippen molar-refractivity contribution in [1.82, 2.24) is 10.2 Å². The Hall–Kier alpha value is -1.89. The van der Waals surface area contributed by atoms with E-state index in [0.717, 1.165) is 25.8 Å². The molecule has 1 saturated heterocycles. The molecule has 1 atom stereocenters. The summed E-state index contributed by atoms with van der Waals surface area (Å²) in [5.41, 5.74) is 0.641. The molecule has 1 aromatic carbocycles. The topological polar surface area (TPSA) is 78.8 Å². The minimum atomic E-state index is -3.61. The second kappa shape index (κ2) is 6.31. The molecule has 124 valence electrons. The van der Waals surface area contributed by atoms with Crippen LogP contribution in [0.4, 0.5) is 0 Å². The number of fused-ring (bicyclic) bond motifs is 1. The fraction of sp³-hybridized carbons (Fsp3) is 0.500. The number of amides is 1. The van der Waals surface area contributed by atoms with Crippen LogP contribution in [-0.2, 0) is 14.8 Å². The molecule has 0 bridgehead atoms. The Morgan fingerprint density at radius 3 is 2.96 bits per heavy atom. The van der Waals surface area contributed by atoms with Gasteiger partial charge in [0.25, 0.3) is 10.0 Å². The van der Waals surface area contributed by atoms with Crippen LogP contribution >= 0.6 is 0 Å². The molecule has 2 aliphatic heterocycles. The van der Waals surface area contributed by atoms with Gasteiger partial charge in [-0.1, -0.05) is 19.1 Å². The molecule has 1 N–H and O–H groups in total. The third-order valence-corrected chi connectivity index (χ3v) is 5.58. The van der Waals surface area contributed by atoms with Crippen molar-refractivity contribution in [2.45, 2.75) is 31.1 Å². The van der Waals surface area contributed by atoms with Gasteiger partial charge in [0, 0.05) is 25.2 Å². The van der Waals surface area contributed by atoms with Crippen LogP contribution < -0.4 is 5.32 Å². The molecule has 3 rings (SSSR count). The summed E-state index contributed by atoms with van der Waals surface area (Å²) in [7, 11) is -3.61. The Morgan fingerprint density at radius 2 is 2.17 bits per heavy atom. The van der Waals surface area contributed by atoms with Gasteiger partial charge in [0.15, 0.2) is 5.84 Å². The highest BCUT2D eigenvalue weighted by molar-refractivity contribution is 7.90. The average molecular weight is 335 g/mol. The Kier molecular flexibility index (Phi) is 4.39. The zero-order chi connectivity index (χ0) is 16.4. The summed E-state index contributed by atoms with van der Waals surface area (Å²) >= 11 is 0. The molecular weight excluding hydrogens is 314 g/mol. The van der Waals surface area contributed by atoms with E-state index in [0.29, 0.717) is 24.5 Å². The van der Waals surface area contributed by atoms with Crippen molar-refractivity contribution < 1.29 is 13.2 Å². The maximum atomic E-state index is 12.2. The number of carbonyl (C=O) groups is 1. The van der Waals surface area contributed by atoms with Crippen LogP contribution in [0.5, 0.6) is 0 Å². The lowest BCUT2D eigenvalue weighted by Crippen LogP contribution is -2.45. The van der Waals surface area contributed by atoms with Crippen LogP contribution in [0.15, 0.2) is 33.6 Å². The molecule has 0 aromatic heterocycles. The predicted molar refractivity (Wildman–Crippen MR) is 87.8 cm³/mol. The van der Waals surface area contributed by atoms with Gasteiger partial charge in [-0.3, -0.25) is 4.79 Å². The van der Waals surface area contributed by atoms with Gasteiger partial charge >= 0.3 is 0 Å². The number of piperidine rings is 1. The lowest BCUT2D eigenvalue weighted by atomic mass is 9.96. The molecule has 2 aliphatic rings. The highest BCUT2D eigenvalue weighted by Gasteiger charge is 2.34. The molecule has 1 fully saturated rings. The molecule has 1 unspecified atom stereocenters. The van der Waals surface area contributed by atoms with Crippen LogP contribution in [0.3, 0.4) is 0 Å². The average Bonchev–Trinajstić information content (AvgIpc) is 2.85. The van der Waals surface area contributed by atoms with E-state index in [-0.39, 0.29) is 16.7 Å². The molecule has 0 aliphatic carbocycles. The smallest absolute Gasteiger partial charge is 0.285 e. The zero-order valence-electron chi connectivity index (χ0n) is 13.2. The summed E-state index contributed by atoms with van der Waals surface area (Å²) < 4.78 is 28.3. The molecule has 6 nitrogen and oxygen atoms in total. The lowest BCUT2D eigenvalue weighted by molar-refractivity contribution is -0.126. The van der Waals surface area contributed by atoms with Crippen molar-refractivity contribution in [2.24, 2.45) is 10.3 Å². The van der Waals surface area contributed by atoms with Gasteiger partial charge in [-0.25, -0.2) is 0 Å². The lowest BCUT2D eigenvalue weighted by Gasteiger charge is -2.33. The van der Waals surface area contributed by atoms with E-state index in [9.17, 15) is 13.2 Å². The molecular formula is C16H21N3O3S. The van der Waals surface area contributed by atoms with Crippen molar-refractivity contribution in [3.63, 3.8) is 0 Å². The molecule has 0 saturated carbocycles. The first-order valence-corrected chi connectivity index (χ1v) is 9.44. The second-order valence-corrected chi connectivity index (χ2v) is 7.53. The first kappa shape index (κ1) is 16.0. The maximum Gasteiger partial charge on any atom is 0.285 e. The van der Waals surface area contributed by atoms with Crippen LogP contribution in [0, 0.1) is 5.92 Å². The Bertz CT molecular complexity index is 743. The summed E-state index contributed by atoms with van der Waals surface area (Å²) in [4.78, 5) is 14.4. The van der Waals surface area contributed by atoms with Gasteiger partial charge in [-0.05, 0) is 31.4 Å². The number of hydrogen-bond donors (Lipinski definition) is 1. The summed E-state index contributed by atoms with van der Waals surface area (Å²) in [6.45, 7) is 3.93. The molecule has 1 amide bonds. The van der Waals surface area contributed by atoms with Crippen molar-refractivity contribution >= 4 is 21.8 Å². The fourth-order valence-corrected chi connectivity index (χ4v) is 4.32. The number of sulfonamides is 1. The van der Waals surface area contributed by atoms with E-state index in [1.807, 2.05) is 17.9 Å². The summed E-state index contributed by atoms with van der Waals surface area (Å²) in [6.07, 6.45) is 2.58. The SMILES string of the molecule is CCCNC(=O)C1CCCN(C2=NS(=O)(=O)c3ccccc32)C1. The molecule has 1 aromatic rings. The van der Waals surface area contributed by atoms with Crippen molar-refractivity contribution in [1.29, 1.82) is 0 Å². The standard InChI is InChI=1S/C16H21N3O3S/c1-2-9-17-16(20)12-6-5-10-19(11-12)15-13-7-3-4-8-14(13)23(21,22)18-15/h3-4,7-8,12H,2,5-6,9-11H2,1H3,(H,17,20). The maximum absolute atomic E-state index is 12.2. The van der Waals surface area contributed by atoms with Crippen LogP contribution in [0.2, 0.25) is 0 Å². The van der Waals surface area contributed by atoms with E-state index < -0.39 is 10.0 Å². The number of benzene rings is 1. The normalized spacial score (nSPS) is 22.4. The van der Waals surface area contributed by atoms with E-state index in [2.05, 4.69) is 9.71 Å². The number of rotatable bonds is 3.